The number of benzene rings is 1. The van der Waals surface area contributed by atoms with Gasteiger partial charge in [0, 0.05) is 65.1 Å². The van der Waals surface area contributed by atoms with Gasteiger partial charge in [-0.3, -0.25) is 14.6 Å². The fraction of sp³-hybridized carbons (Fsp3) is 0.565. The lowest BCUT2D eigenvalue weighted by atomic mass is 10.1. The summed E-state index contributed by atoms with van der Waals surface area (Å²) in [5, 5.41) is 7.89. The quantitative estimate of drug-likeness (QED) is 0.296. The lowest BCUT2D eigenvalue weighted by molar-refractivity contribution is 0.171. The van der Waals surface area contributed by atoms with E-state index >= 15 is 0 Å². The molecule has 1 fully saturated rings. The fourth-order valence-corrected chi connectivity index (χ4v) is 4.09. The Morgan fingerprint density at radius 3 is 2.39 bits per heavy atom. The van der Waals surface area contributed by atoms with Crippen LogP contribution in [0.5, 0.6) is 11.5 Å². The highest BCUT2D eigenvalue weighted by atomic mass is 127. The number of ether oxygens (including phenoxy) is 2. The standard InChI is InChI=1S/C23H37N7O2.HI/c1-24-23(25-15-20(27(2)3)19-14-26-28(4)17-19)30-11-9-29(10-12-30)16-18-7-8-21(31-5)22(13-18)32-6;/h7-8,13-14,17,20H,9-12,15-16H2,1-6H3,(H,24,25);1H. The number of methoxy groups -OCH3 is 2. The molecule has 1 aliphatic rings. The number of aliphatic imine (C=N–C) groups is 1. The maximum atomic E-state index is 5.44. The molecule has 0 aliphatic carbocycles. The van der Waals surface area contributed by atoms with Crippen molar-refractivity contribution >= 4 is 29.9 Å². The van der Waals surface area contributed by atoms with Crippen LogP contribution in [0.1, 0.15) is 17.2 Å². The van der Waals surface area contributed by atoms with Gasteiger partial charge in [0.05, 0.1) is 26.5 Å². The number of aryl methyl sites for hydroxylation is 1. The molecular weight excluding hydrogens is 533 g/mol. The molecule has 1 aromatic heterocycles. The minimum absolute atomic E-state index is 0. The average Bonchev–Trinajstić information content (AvgIpc) is 3.22. The molecule has 9 nitrogen and oxygen atoms in total. The van der Waals surface area contributed by atoms with Crippen LogP contribution in [-0.4, -0.2) is 98.5 Å². The number of piperazine rings is 1. The van der Waals surface area contributed by atoms with E-state index in [-0.39, 0.29) is 30.0 Å². The maximum Gasteiger partial charge on any atom is 0.193 e. The van der Waals surface area contributed by atoms with E-state index in [9.17, 15) is 0 Å². The zero-order valence-electron chi connectivity index (χ0n) is 20.6. The summed E-state index contributed by atoms with van der Waals surface area (Å²) >= 11 is 0. The van der Waals surface area contributed by atoms with Gasteiger partial charge in [-0.1, -0.05) is 6.07 Å². The highest BCUT2D eigenvalue weighted by Gasteiger charge is 2.22. The lowest BCUT2D eigenvalue weighted by Gasteiger charge is -2.37. The minimum atomic E-state index is 0. The first-order valence-corrected chi connectivity index (χ1v) is 11.0. The van der Waals surface area contributed by atoms with Crippen molar-refractivity contribution in [2.24, 2.45) is 12.0 Å². The van der Waals surface area contributed by atoms with E-state index < -0.39 is 0 Å². The van der Waals surface area contributed by atoms with Crippen LogP contribution in [0.3, 0.4) is 0 Å². The highest BCUT2D eigenvalue weighted by molar-refractivity contribution is 14.0. The number of hydrogen-bond acceptors (Lipinski definition) is 6. The van der Waals surface area contributed by atoms with Crippen LogP contribution in [0.25, 0.3) is 0 Å². The second-order valence-electron chi connectivity index (χ2n) is 8.31. The van der Waals surface area contributed by atoms with E-state index in [1.54, 1.807) is 14.2 Å². The van der Waals surface area contributed by atoms with E-state index in [2.05, 4.69) is 62.5 Å². The molecule has 1 saturated heterocycles. The molecule has 10 heteroatoms. The highest BCUT2D eigenvalue weighted by Crippen LogP contribution is 2.28. The SMILES string of the molecule is CN=C(NCC(c1cnn(C)c1)N(C)C)N1CCN(Cc2ccc(OC)c(OC)c2)CC1.I. The van der Waals surface area contributed by atoms with E-state index in [1.165, 1.54) is 11.1 Å². The molecule has 0 saturated carbocycles. The predicted molar refractivity (Wildman–Crippen MR) is 143 cm³/mol. The molecule has 1 aliphatic heterocycles. The van der Waals surface area contributed by atoms with Gasteiger partial charge in [-0.05, 0) is 31.8 Å². The molecule has 1 unspecified atom stereocenters. The van der Waals surface area contributed by atoms with Gasteiger partial charge < -0.3 is 24.6 Å². The third-order valence-corrected chi connectivity index (χ3v) is 5.92. The normalized spacial score (nSPS) is 15.8. The van der Waals surface area contributed by atoms with E-state index in [0.29, 0.717) is 0 Å². The third kappa shape index (κ3) is 7.21. The molecule has 0 spiro atoms. The molecular formula is C23H38IN7O2. The van der Waals surface area contributed by atoms with Gasteiger partial charge in [0.25, 0.3) is 0 Å². The van der Waals surface area contributed by atoms with Crippen molar-refractivity contribution in [2.45, 2.75) is 12.6 Å². The van der Waals surface area contributed by atoms with Crippen LogP contribution in [0, 0.1) is 0 Å². The molecule has 1 atom stereocenters. The summed E-state index contributed by atoms with van der Waals surface area (Å²) in [7, 11) is 11.3. The zero-order valence-corrected chi connectivity index (χ0v) is 22.9. The van der Waals surface area contributed by atoms with Crippen LogP contribution < -0.4 is 14.8 Å². The topological polar surface area (TPSA) is 70.4 Å². The van der Waals surface area contributed by atoms with Crippen LogP contribution in [0.15, 0.2) is 35.6 Å². The number of likely N-dealkylation sites (N-methyl/N-ethyl adjacent to an activating group) is 1. The first-order chi connectivity index (χ1) is 15.4. The number of halogens is 1. The Morgan fingerprint density at radius 2 is 1.85 bits per heavy atom. The van der Waals surface area contributed by atoms with Gasteiger partial charge in [0.15, 0.2) is 17.5 Å². The Hall–Kier alpha value is -2.05. The summed E-state index contributed by atoms with van der Waals surface area (Å²) in [4.78, 5) is 11.5. The van der Waals surface area contributed by atoms with Crippen molar-refractivity contribution < 1.29 is 9.47 Å². The Balaban J connectivity index is 0.00000385. The van der Waals surface area contributed by atoms with Gasteiger partial charge in [0.2, 0.25) is 0 Å². The van der Waals surface area contributed by atoms with E-state index in [0.717, 1.165) is 56.7 Å². The van der Waals surface area contributed by atoms with Crippen molar-refractivity contribution in [1.29, 1.82) is 0 Å². The predicted octanol–water partition coefficient (Wildman–Crippen LogP) is 2.05. The van der Waals surface area contributed by atoms with Crippen LogP contribution in [0.4, 0.5) is 0 Å². The molecule has 33 heavy (non-hydrogen) atoms. The summed E-state index contributed by atoms with van der Waals surface area (Å²) in [5.41, 5.74) is 2.42. The monoisotopic (exact) mass is 571 g/mol. The van der Waals surface area contributed by atoms with Crippen molar-refractivity contribution in [3.05, 3.63) is 41.7 Å². The summed E-state index contributed by atoms with van der Waals surface area (Å²) < 4.78 is 12.6. The molecule has 184 valence electrons. The minimum Gasteiger partial charge on any atom is -0.493 e. The first kappa shape index (κ1) is 27.2. The molecule has 3 rings (SSSR count). The van der Waals surface area contributed by atoms with Gasteiger partial charge in [-0.15, -0.1) is 24.0 Å². The Morgan fingerprint density at radius 1 is 1.15 bits per heavy atom. The molecule has 0 radical (unpaired) electrons. The smallest absolute Gasteiger partial charge is 0.193 e. The van der Waals surface area contributed by atoms with E-state index in [1.807, 2.05) is 31.0 Å². The molecule has 1 N–H and O–H groups in total. The number of rotatable bonds is 8. The van der Waals surface area contributed by atoms with Crippen LogP contribution >= 0.6 is 24.0 Å². The summed E-state index contributed by atoms with van der Waals surface area (Å²) in [6.07, 6.45) is 4.00. The van der Waals surface area contributed by atoms with Crippen molar-refractivity contribution in [1.82, 2.24) is 29.8 Å². The van der Waals surface area contributed by atoms with Crippen LogP contribution in [0.2, 0.25) is 0 Å². The third-order valence-electron chi connectivity index (χ3n) is 5.92. The van der Waals surface area contributed by atoms with Gasteiger partial charge in [0.1, 0.15) is 0 Å². The number of guanidine groups is 1. The average molecular weight is 572 g/mol. The number of aromatic nitrogens is 2. The fourth-order valence-electron chi connectivity index (χ4n) is 4.09. The second kappa shape index (κ2) is 13.0. The summed E-state index contributed by atoms with van der Waals surface area (Å²) in [6, 6.07) is 6.37. The zero-order chi connectivity index (χ0) is 23.1. The Labute approximate surface area is 214 Å². The lowest BCUT2D eigenvalue weighted by Crippen LogP contribution is -2.53. The van der Waals surface area contributed by atoms with Gasteiger partial charge >= 0.3 is 0 Å². The number of nitrogens with one attached hydrogen (secondary N) is 1. The van der Waals surface area contributed by atoms with Gasteiger partial charge in [-0.25, -0.2) is 0 Å². The second-order valence-corrected chi connectivity index (χ2v) is 8.31. The molecule has 2 aromatic rings. The Kier molecular flexibility index (Phi) is 10.7. The van der Waals surface area contributed by atoms with Crippen molar-refractivity contribution in [2.75, 3.05) is 68.1 Å². The van der Waals surface area contributed by atoms with E-state index in [4.69, 9.17) is 9.47 Å². The maximum absolute atomic E-state index is 5.44. The number of hydrogen-bond donors (Lipinski definition) is 1. The largest absolute Gasteiger partial charge is 0.493 e. The summed E-state index contributed by atoms with van der Waals surface area (Å²) in [5.74, 6) is 2.49. The van der Waals surface area contributed by atoms with Crippen molar-refractivity contribution in [3.8, 4) is 11.5 Å². The summed E-state index contributed by atoms with van der Waals surface area (Å²) in [6.45, 7) is 5.50. The molecule has 1 aromatic carbocycles. The molecule has 0 bridgehead atoms. The molecule has 2 heterocycles. The number of nitrogens with zero attached hydrogens (tertiary/aromatic N) is 6. The first-order valence-electron chi connectivity index (χ1n) is 11.0. The van der Waals surface area contributed by atoms with Crippen molar-refractivity contribution in [3.63, 3.8) is 0 Å². The Bertz CT molecular complexity index is 895. The van der Waals surface area contributed by atoms with Gasteiger partial charge in [-0.2, -0.15) is 5.10 Å². The van der Waals surface area contributed by atoms with Crippen LogP contribution in [-0.2, 0) is 13.6 Å². The molecule has 0 amide bonds.